The van der Waals surface area contributed by atoms with Gasteiger partial charge >= 0.3 is 0 Å². The van der Waals surface area contributed by atoms with Gasteiger partial charge in [0.1, 0.15) is 11.5 Å². The molecule has 2 aromatic carbocycles. The van der Waals surface area contributed by atoms with Gasteiger partial charge < -0.3 is 10.2 Å². The Balaban J connectivity index is 2.44. The first kappa shape index (κ1) is 11.3. The van der Waals surface area contributed by atoms with Crippen molar-refractivity contribution in [3.63, 3.8) is 0 Å². The zero-order valence-corrected chi connectivity index (χ0v) is 9.59. The predicted octanol–water partition coefficient (Wildman–Crippen LogP) is 3.66. The second-order valence-corrected chi connectivity index (χ2v) is 3.91. The average Bonchev–Trinajstić information content (AvgIpc) is 2.30. The third kappa shape index (κ3) is 2.48. The molecule has 0 spiro atoms. The van der Waals surface area contributed by atoms with E-state index in [2.05, 4.69) is 0 Å². The minimum Gasteiger partial charge on any atom is -0.507 e. The number of phenols is 2. The van der Waals surface area contributed by atoms with Crippen LogP contribution < -0.4 is 0 Å². The third-order valence-corrected chi connectivity index (χ3v) is 2.60. The number of hydrogen-bond donors (Lipinski definition) is 2. The molecular formula is C15H14O2. The van der Waals surface area contributed by atoms with E-state index < -0.39 is 0 Å². The number of benzene rings is 2. The fraction of sp³-hybridized carbons (Fsp3) is 0.0667. The molecule has 0 aromatic heterocycles. The highest BCUT2D eigenvalue weighted by Crippen LogP contribution is 2.33. The monoisotopic (exact) mass is 226 g/mol. The number of aromatic hydroxyl groups is 2. The van der Waals surface area contributed by atoms with Crippen LogP contribution in [0.25, 0.3) is 11.6 Å². The molecule has 17 heavy (non-hydrogen) atoms. The molecule has 0 fully saturated rings. The first-order valence-electron chi connectivity index (χ1n) is 5.43. The van der Waals surface area contributed by atoms with E-state index >= 15 is 0 Å². The summed E-state index contributed by atoms with van der Waals surface area (Å²) in [5, 5.41) is 19.5. The average molecular weight is 226 g/mol. The Morgan fingerprint density at radius 3 is 2.06 bits per heavy atom. The molecular weight excluding hydrogens is 212 g/mol. The molecule has 0 saturated heterocycles. The molecule has 2 rings (SSSR count). The highest BCUT2D eigenvalue weighted by atomic mass is 16.3. The molecule has 0 bridgehead atoms. The van der Waals surface area contributed by atoms with Crippen LogP contribution in [0.5, 0.6) is 11.5 Å². The standard InChI is InChI=1S/C15H14O2/c1-11(10-12-6-3-2-4-7-12)15-13(16)8-5-9-14(15)17/h2-10,16-17H,1H3. The van der Waals surface area contributed by atoms with E-state index in [-0.39, 0.29) is 11.5 Å². The van der Waals surface area contributed by atoms with Crippen molar-refractivity contribution in [3.8, 4) is 11.5 Å². The van der Waals surface area contributed by atoms with Crippen LogP contribution in [0.1, 0.15) is 18.1 Å². The lowest BCUT2D eigenvalue weighted by Gasteiger charge is -2.07. The summed E-state index contributed by atoms with van der Waals surface area (Å²) in [6.45, 7) is 1.86. The van der Waals surface area contributed by atoms with Crippen molar-refractivity contribution in [1.29, 1.82) is 0 Å². The maximum atomic E-state index is 9.74. The highest BCUT2D eigenvalue weighted by molar-refractivity contribution is 5.85. The Bertz CT molecular complexity index is 522. The van der Waals surface area contributed by atoms with Gasteiger partial charge in [-0.3, -0.25) is 0 Å². The van der Waals surface area contributed by atoms with Crippen molar-refractivity contribution in [2.45, 2.75) is 6.92 Å². The second-order valence-electron chi connectivity index (χ2n) is 3.91. The van der Waals surface area contributed by atoms with Crippen LogP contribution in [0, 0.1) is 0 Å². The molecule has 2 aromatic rings. The summed E-state index contributed by atoms with van der Waals surface area (Å²) in [5.41, 5.74) is 2.34. The van der Waals surface area contributed by atoms with E-state index in [0.717, 1.165) is 11.1 Å². The van der Waals surface area contributed by atoms with Gasteiger partial charge in [0.25, 0.3) is 0 Å². The van der Waals surface area contributed by atoms with Crippen molar-refractivity contribution >= 4 is 11.6 Å². The summed E-state index contributed by atoms with van der Waals surface area (Å²) < 4.78 is 0. The summed E-state index contributed by atoms with van der Waals surface area (Å²) in [6, 6.07) is 14.5. The fourth-order valence-corrected chi connectivity index (χ4v) is 1.80. The van der Waals surface area contributed by atoms with Gasteiger partial charge in [0.15, 0.2) is 0 Å². The summed E-state index contributed by atoms with van der Waals surface area (Å²) in [5.74, 6) is 0.185. The molecule has 86 valence electrons. The van der Waals surface area contributed by atoms with Crippen LogP contribution in [0.2, 0.25) is 0 Å². The smallest absolute Gasteiger partial charge is 0.126 e. The molecule has 0 amide bonds. The SMILES string of the molecule is CC(=Cc1ccccc1)c1c(O)cccc1O. The van der Waals surface area contributed by atoms with Gasteiger partial charge in [0, 0.05) is 0 Å². The zero-order chi connectivity index (χ0) is 12.3. The number of rotatable bonds is 2. The van der Waals surface area contributed by atoms with E-state index in [4.69, 9.17) is 0 Å². The summed E-state index contributed by atoms with van der Waals surface area (Å²) in [4.78, 5) is 0. The van der Waals surface area contributed by atoms with Gasteiger partial charge in [-0.05, 0) is 30.2 Å². The maximum absolute atomic E-state index is 9.74. The Morgan fingerprint density at radius 1 is 0.882 bits per heavy atom. The largest absolute Gasteiger partial charge is 0.507 e. The summed E-state index contributed by atoms with van der Waals surface area (Å²) in [6.07, 6.45) is 1.93. The quantitative estimate of drug-likeness (QED) is 0.767. The van der Waals surface area contributed by atoms with Crippen LogP contribution in [-0.4, -0.2) is 10.2 Å². The molecule has 2 N–H and O–H groups in total. The molecule has 0 aliphatic heterocycles. The van der Waals surface area contributed by atoms with E-state index in [1.165, 1.54) is 0 Å². The van der Waals surface area contributed by atoms with E-state index in [1.807, 2.05) is 43.3 Å². The predicted molar refractivity (Wildman–Crippen MR) is 69.8 cm³/mol. The number of phenolic OH excluding ortho intramolecular Hbond substituents is 2. The minimum atomic E-state index is 0.0923. The van der Waals surface area contributed by atoms with Crippen LogP contribution in [0.4, 0.5) is 0 Å². The van der Waals surface area contributed by atoms with Gasteiger partial charge in [0.05, 0.1) is 5.56 Å². The third-order valence-electron chi connectivity index (χ3n) is 2.60. The molecule has 0 heterocycles. The maximum Gasteiger partial charge on any atom is 0.126 e. The Morgan fingerprint density at radius 2 is 1.47 bits per heavy atom. The second kappa shape index (κ2) is 4.74. The van der Waals surface area contributed by atoms with Crippen LogP contribution >= 0.6 is 0 Å². The molecule has 0 saturated carbocycles. The van der Waals surface area contributed by atoms with Crippen LogP contribution in [0.15, 0.2) is 48.5 Å². The zero-order valence-electron chi connectivity index (χ0n) is 9.59. The topological polar surface area (TPSA) is 40.5 Å². The Labute approximate surface area is 100 Å². The number of hydrogen-bond acceptors (Lipinski definition) is 2. The summed E-state index contributed by atoms with van der Waals surface area (Å²) >= 11 is 0. The number of allylic oxidation sites excluding steroid dienone is 1. The first-order chi connectivity index (χ1) is 8.18. The van der Waals surface area contributed by atoms with Gasteiger partial charge in [-0.25, -0.2) is 0 Å². The van der Waals surface area contributed by atoms with E-state index in [0.29, 0.717) is 5.56 Å². The van der Waals surface area contributed by atoms with Crippen molar-refractivity contribution in [3.05, 3.63) is 59.7 Å². The molecule has 2 nitrogen and oxygen atoms in total. The molecule has 0 unspecified atom stereocenters. The Kier molecular flexibility index (Phi) is 3.15. The van der Waals surface area contributed by atoms with E-state index in [1.54, 1.807) is 18.2 Å². The minimum absolute atomic E-state index is 0.0923. The lowest BCUT2D eigenvalue weighted by molar-refractivity contribution is 0.447. The van der Waals surface area contributed by atoms with Crippen LogP contribution in [-0.2, 0) is 0 Å². The molecule has 0 aliphatic carbocycles. The first-order valence-corrected chi connectivity index (χ1v) is 5.43. The molecule has 0 atom stereocenters. The van der Waals surface area contributed by atoms with Crippen LogP contribution in [0.3, 0.4) is 0 Å². The Hall–Kier alpha value is -2.22. The van der Waals surface area contributed by atoms with Crippen molar-refractivity contribution < 1.29 is 10.2 Å². The van der Waals surface area contributed by atoms with Crippen molar-refractivity contribution in [2.24, 2.45) is 0 Å². The van der Waals surface area contributed by atoms with Crippen molar-refractivity contribution in [1.82, 2.24) is 0 Å². The van der Waals surface area contributed by atoms with Crippen molar-refractivity contribution in [2.75, 3.05) is 0 Å². The van der Waals surface area contributed by atoms with Gasteiger partial charge in [-0.1, -0.05) is 42.5 Å². The molecule has 0 aliphatic rings. The van der Waals surface area contributed by atoms with Gasteiger partial charge in [-0.15, -0.1) is 0 Å². The van der Waals surface area contributed by atoms with E-state index in [9.17, 15) is 10.2 Å². The molecule has 0 radical (unpaired) electrons. The van der Waals surface area contributed by atoms with Gasteiger partial charge in [-0.2, -0.15) is 0 Å². The van der Waals surface area contributed by atoms with Gasteiger partial charge in [0.2, 0.25) is 0 Å². The molecule has 2 heteroatoms. The fourth-order valence-electron chi connectivity index (χ4n) is 1.80. The summed E-state index contributed by atoms with van der Waals surface area (Å²) in [7, 11) is 0. The lowest BCUT2D eigenvalue weighted by atomic mass is 10.0. The highest BCUT2D eigenvalue weighted by Gasteiger charge is 2.08. The normalized spacial score (nSPS) is 11.5. The lowest BCUT2D eigenvalue weighted by Crippen LogP contribution is -1.83.